The Kier molecular flexibility index (Phi) is 6.65. The van der Waals surface area contributed by atoms with Gasteiger partial charge in [0.1, 0.15) is 0 Å². The minimum atomic E-state index is -3.37. The number of hydrogen-bond donors (Lipinski definition) is 2. The maximum absolute atomic E-state index is 12.1. The van der Waals surface area contributed by atoms with E-state index in [1.54, 1.807) is 23.2 Å². The third-order valence-electron chi connectivity index (χ3n) is 2.26. The summed E-state index contributed by atoms with van der Waals surface area (Å²) in [4.78, 5) is 1.41. The molecule has 0 spiro atoms. The van der Waals surface area contributed by atoms with Crippen molar-refractivity contribution in [3.8, 4) is 0 Å². The van der Waals surface area contributed by atoms with Crippen LogP contribution in [0.5, 0.6) is 0 Å². The zero-order valence-electron chi connectivity index (χ0n) is 10.9. The SMILES string of the molecule is CCNCc1cc(S(=O)(=O)NC(C)CSC)cs1. The molecule has 1 atom stereocenters. The predicted molar refractivity (Wildman–Crippen MR) is 79.9 cm³/mol. The van der Waals surface area contributed by atoms with Crippen molar-refractivity contribution in [2.75, 3.05) is 18.6 Å². The van der Waals surface area contributed by atoms with E-state index >= 15 is 0 Å². The number of rotatable bonds is 8. The lowest BCUT2D eigenvalue weighted by molar-refractivity contribution is 0.571. The van der Waals surface area contributed by atoms with Gasteiger partial charge < -0.3 is 5.32 Å². The van der Waals surface area contributed by atoms with Gasteiger partial charge in [-0.25, -0.2) is 13.1 Å². The van der Waals surface area contributed by atoms with Crippen LogP contribution < -0.4 is 10.0 Å². The Morgan fingerprint density at radius 1 is 1.50 bits per heavy atom. The third-order valence-corrected chi connectivity index (χ3v) is 5.75. The van der Waals surface area contributed by atoms with Crippen molar-refractivity contribution in [2.24, 2.45) is 0 Å². The lowest BCUT2D eigenvalue weighted by Gasteiger charge is -2.11. The van der Waals surface area contributed by atoms with Gasteiger partial charge in [0.15, 0.2) is 0 Å². The summed E-state index contributed by atoms with van der Waals surface area (Å²) in [6.45, 7) is 5.50. The molecule has 18 heavy (non-hydrogen) atoms. The zero-order chi connectivity index (χ0) is 13.6. The maximum atomic E-state index is 12.1. The molecule has 0 saturated carbocycles. The monoisotopic (exact) mass is 308 g/mol. The van der Waals surface area contributed by atoms with Crippen molar-refractivity contribution < 1.29 is 8.42 Å². The largest absolute Gasteiger partial charge is 0.312 e. The first kappa shape index (κ1) is 16.0. The van der Waals surface area contributed by atoms with E-state index in [1.165, 1.54) is 11.3 Å². The molecular formula is C11H20N2O2S3. The first-order chi connectivity index (χ1) is 8.49. The van der Waals surface area contributed by atoms with E-state index in [-0.39, 0.29) is 6.04 Å². The van der Waals surface area contributed by atoms with Gasteiger partial charge in [0.25, 0.3) is 0 Å². The molecule has 0 fully saturated rings. The Balaban J connectivity index is 2.69. The molecule has 1 aromatic rings. The van der Waals surface area contributed by atoms with E-state index in [0.29, 0.717) is 4.90 Å². The number of thiophene rings is 1. The van der Waals surface area contributed by atoms with E-state index in [9.17, 15) is 8.42 Å². The van der Waals surface area contributed by atoms with Crippen LogP contribution in [0.15, 0.2) is 16.3 Å². The fourth-order valence-corrected chi connectivity index (χ4v) is 4.64. The summed E-state index contributed by atoms with van der Waals surface area (Å²) in [6.07, 6.45) is 1.96. The van der Waals surface area contributed by atoms with Crippen LogP contribution >= 0.6 is 23.1 Å². The van der Waals surface area contributed by atoms with E-state index in [1.807, 2.05) is 20.1 Å². The summed E-state index contributed by atoms with van der Waals surface area (Å²) in [5.74, 6) is 0.771. The van der Waals surface area contributed by atoms with Crippen molar-refractivity contribution in [2.45, 2.75) is 31.3 Å². The topological polar surface area (TPSA) is 58.2 Å². The van der Waals surface area contributed by atoms with Crippen molar-refractivity contribution in [1.82, 2.24) is 10.0 Å². The van der Waals surface area contributed by atoms with Gasteiger partial charge in [-0.15, -0.1) is 11.3 Å². The van der Waals surface area contributed by atoms with Crippen LogP contribution in [0.4, 0.5) is 0 Å². The number of hydrogen-bond acceptors (Lipinski definition) is 5. The molecule has 0 aromatic carbocycles. The molecule has 1 unspecified atom stereocenters. The molecule has 0 aliphatic heterocycles. The van der Waals surface area contributed by atoms with Crippen LogP contribution in [0.3, 0.4) is 0 Å². The lowest BCUT2D eigenvalue weighted by Crippen LogP contribution is -2.34. The standard InChI is InChI=1S/C11H20N2O2S3/c1-4-12-6-10-5-11(8-17-10)18(14,15)13-9(2)7-16-3/h5,8-9,12-13H,4,6-7H2,1-3H3. The second kappa shape index (κ2) is 7.49. The summed E-state index contributed by atoms with van der Waals surface area (Å²) in [5, 5.41) is 4.88. The molecule has 7 heteroatoms. The minimum Gasteiger partial charge on any atom is -0.312 e. The number of sulfonamides is 1. The van der Waals surface area contributed by atoms with Gasteiger partial charge >= 0.3 is 0 Å². The normalized spacial score (nSPS) is 13.7. The summed E-state index contributed by atoms with van der Waals surface area (Å²) in [7, 11) is -3.37. The molecular weight excluding hydrogens is 288 g/mol. The minimum absolute atomic E-state index is 0.0536. The summed E-state index contributed by atoms with van der Waals surface area (Å²) < 4.78 is 26.8. The Labute approximate surface area is 118 Å². The highest BCUT2D eigenvalue weighted by Gasteiger charge is 2.18. The summed E-state index contributed by atoms with van der Waals surface area (Å²) >= 11 is 3.10. The zero-order valence-corrected chi connectivity index (χ0v) is 13.3. The fraction of sp³-hybridized carbons (Fsp3) is 0.636. The molecule has 4 nitrogen and oxygen atoms in total. The van der Waals surface area contributed by atoms with Crippen molar-refractivity contribution in [3.63, 3.8) is 0 Å². The second-order valence-electron chi connectivity index (χ2n) is 4.01. The highest BCUT2D eigenvalue weighted by Crippen LogP contribution is 2.19. The van der Waals surface area contributed by atoms with E-state index in [4.69, 9.17) is 0 Å². The van der Waals surface area contributed by atoms with Crippen LogP contribution in [0, 0.1) is 0 Å². The van der Waals surface area contributed by atoms with E-state index in [2.05, 4.69) is 10.0 Å². The van der Waals surface area contributed by atoms with Crippen molar-refractivity contribution >= 4 is 33.1 Å². The lowest BCUT2D eigenvalue weighted by atomic mass is 10.4. The van der Waals surface area contributed by atoms with Crippen molar-refractivity contribution in [1.29, 1.82) is 0 Å². The molecule has 1 rings (SSSR count). The van der Waals surface area contributed by atoms with E-state index in [0.717, 1.165) is 23.7 Å². The number of thioether (sulfide) groups is 1. The van der Waals surface area contributed by atoms with Crippen LogP contribution in [-0.4, -0.2) is 33.0 Å². The highest BCUT2D eigenvalue weighted by atomic mass is 32.2. The Morgan fingerprint density at radius 2 is 2.22 bits per heavy atom. The molecule has 0 aliphatic carbocycles. The summed E-state index contributed by atoms with van der Waals surface area (Å²) in [5.41, 5.74) is 0. The van der Waals surface area contributed by atoms with Gasteiger partial charge in [-0.1, -0.05) is 6.92 Å². The van der Waals surface area contributed by atoms with Gasteiger partial charge in [0, 0.05) is 28.6 Å². The molecule has 0 bridgehead atoms. The van der Waals surface area contributed by atoms with Gasteiger partial charge in [0.2, 0.25) is 10.0 Å². The van der Waals surface area contributed by atoms with Crippen LogP contribution in [0.1, 0.15) is 18.7 Å². The average Bonchev–Trinajstić information content (AvgIpc) is 2.75. The summed E-state index contributed by atoms with van der Waals surface area (Å²) in [6, 6.07) is 1.68. The first-order valence-corrected chi connectivity index (χ1v) is 9.54. The van der Waals surface area contributed by atoms with Crippen molar-refractivity contribution in [3.05, 3.63) is 16.3 Å². The molecule has 2 N–H and O–H groups in total. The van der Waals surface area contributed by atoms with Gasteiger partial charge in [-0.2, -0.15) is 11.8 Å². The number of nitrogens with one attached hydrogen (secondary N) is 2. The molecule has 0 radical (unpaired) electrons. The highest BCUT2D eigenvalue weighted by molar-refractivity contribution is 7.98. The molecule has 104 valence electrons. The molecule has 1 aromatic heterocycles. The first-order valence-electron chi connectivity index (χ1n) is 5.79. The Morgan fingerprint density at radius 3 is 2.83 bits per heavy atom. The van der Waals surface area contributed by atoms with Gasteiger partial charge in [0.05, 0.1) is 4.90 Å². The fourth-order valence-electron chi connectivity index (χ4n) is 1.46. The Hall–Kier alpha value is -0.0800. The molecule has 0 saturated heterocycles. The second-order valence-corrected chi connectivity index (χ2v) is 7.63. The quantitative estimate of drug-likeness (QED) is 0.770. The molecule has 0 aliphatic rings. The third kappa shape index (κ3) is 4.89. The van der Waals surface area contributed by atoms with Crippen LogP contribution in [0.2, 0.25) is 0 Å². The van der Waals surface area contributed by atoms with E-state index < -0.39 is 10.0 Å². The predicted octanol–water partition coefficient (Wildman–Crippen LogP) is 1.89. The average molecular weight is 308 g/mol. The van der Waals surface area contributed by atoms with Gasteiger partial charge in [-0.3, -0.25) is 0 Å². The smallest absolute Gasteiger partial charge is 0.241 e. The Bertz CT molecular complexity index is 457. The molecule has 0 amide bonds. The maximum Gasteiger partial charge on any atom is 0.241 e. The van der Waals surface area contributed by atoms with Gasteiger partial charge in [-0.05, 0) is 25.8 Å². The van der Waals surface area contributed by atoms with Crippen LogP contribution in [-0.2, 0) is 16.6 Å². The van der Waals surface area contributed by atoms with Crippen LogP contribution in [0.25, 0.3) is 0 Å². The molecule has 1 heterocycles.